The maximum absolute atomic E-state index is 6.04. The normalized spacial score (nSPS) is 11.3. The molecule has 0 saturated carbocycles. The molecule has 0 aliphatic carbocycles. The molecule has 0 spiro atoms. The van der Waals surface area contributed by atoms with Gasteiger partial charge in [0.2, 0.25) is 0 Å². The lowest BCUT2D eigenvalue weighted by molar-refractivity contribution is 0.647. The zero-order chi connectivity index (χ0) is 12.1. The summed E-state index contributed by atoms with van der Waals surface area (Å²) in [6.07, 6.45) is 6.19. The van der Waals surface area contributed by atoms with Gasteiger partial charge in [-0.05, 0) is 18.8 Å². The van der Waals surface area contributed by atoms with Gasteiger partial charge in [-0.15, -0.1) is 0 Å². The van der Waals surface area contributed by atoms with E-state index in [4.69, 9.17) is 5.73 Å². The lowest BCUT2D eigenvalue weighted by Crippen LogP contribution is -2.00. The minimum absolute atomic E-state index is 0.467. The van der Waals surface area contributed by atoms with E-state index in [0.717, 1.165) is 12.2 Å². The maximum atomic E-state index is 6.04. The number of nitrogens with two attached hydrogens (primary N) is 1. The van der Waals surface area contributed by atoms with Crippen LogP contribution < -0.4 is 5.73 Å². The molecule has 0 amide bonds. The number of nitrogens with zero attached hydrogens (tertiary/aromatic N) is 2. The van der Waals surface area contributed by atoms with Crippen LogP contribution in [0.3, 0.4) is 0 Å². The van der Waals surface area contributed by atoms with Gasteiger partial charge in [-0.25, -0.2) is 0 Å². The van der Waals surface area contributed by atoms with Crippen molar-refractivity contribution in [3.8, 4) is 0 Å². The molecule has 3 nitrogen and oxygen atoms in total. The van der Waals surface area contributed by atoms with E-state index in [1.54, 1.807) is 0 Å². The Balaban J connectivity index is 2.68. The highest BCUT2D eigenvalue weighted by atomic mass is 15.3. The van der Waals surface area contributed by atoms with Crippen LogP contribution in [-0.4, -0.2) is 9.78 Å². The van der Waals surface area contributed by atoms with Crippen LogP contribution in [0, 0.1) is 0 Å². The summed E-state index contributed by atoms with van der Waals surface area (Å²) < 4.78 is 1.81. The highest BCUT2D eigenvalue weighted by molar-refractivity contribution is 5.45. The van der Waals surface area contributed by atoms with Crippen molar-refractivity contribution in [1.82, 2.24) is 9.78 Å². The van der Waals surface area contributed by atoms with Crippen molar-refractivity contribution in [2.45, 2.75) is 58.8 Å². The fraction of sp³-hybridized carbons (Fsp3) is 0.769. The van der Waals surface area contributed by atoms with E-state index < -0.39 is 0 Å². The van der Waals surface area contributed by atoms with E-state index in [1.165, 1.54) is 36.9 Å². The standard InChI is InChI=1S/C13H25N3/c1-5-6-7-8-9-11-12(10(2)3)13(14)16(4)15-11/h10H,5-9,14H2,1-4H3. The Bertz CT molecular complexity index is 326. The zero-order valence-electron chi connectivity index (χ0n) is 11.1. The number of aromatic nitrogens is 2. The minimum Gasteiger partial charge on any atom is -0.384 e. The second kappa shape index (κ2) is 5.92. The molecule has 0 radical (unpaired) electrons. The monoisotopic (exact) mass is 223 g/mol. The van der Waals surface area contributed by atoms with Gasteiger partial charge in [-0.1, -0.05) is 40.0 Å². The smallest absolute Gasteiger partial charge is 0.125 e. The molecule has 92 valence electrons. The quantitative estimate of drug-likeness (QED) is 0.752. The molecule has 2 N–H and O–H groups in total. The second-order valence-electron chi connectivity index (χ2n) is 4.83. The first kappa shape index (κ1) is 13.1. The largest absolute Gasteiger partial charge is 0.384 e. The van der Waals surface area contributed by atoms with Gasteiger partial charge in [0.25, 0.3) is 0 Å². The molecule has 0 atom stereocenters. The Labute approximate surface area is 99.0 Å². The third-order valence-electron chi connectivity index (χ3n) is 3.05. The molecule has 1 heterocycles. The Morgan fingerprint density at radius 2 is 1.94 bits per heavy atom. The first-order valence-electron chi connectivity index (χ1n) is 6.39. The molecule has 0 aliphatic rings. The van der Waals surface area contributed by atoms with Crippen molar-refractivity contribution in [3.63, 3.8) is 0 Å². The van der Waals surface area contributed by atoms with Crippen molar-refractivity contribution in [2.75, 3.05) is 5.73 Å². The predicted octanol–water partition coefficient (Wildman–Crippen LogP) is 3.25. The molecule has 0 saturated heterocycles. The van der Waals surface area contributed by atoms with E-state index in [0.29, 0.717) is 5.92 Å². The predicted molar refractivity (Wildman–Crippen MR) is 69.6 cm³/mol. The summed E-state index contributed by atoms with van der Waals surface area (Å²) in [5.74, 6) is 1.30. The van der Waals surface area contributed by atoms with Gasteiger partial charge < -0.3 is 5.73 Å². The molecule has 3 heteroatoms. The van der Waals surface area contributed by atoms with Gasteiger partial charge in [0.1, 0.15) is 5.82 Å². The SMILES string of the molecule is CCCCCCc1nn(C)c(N)c1C(C)C. The lowest BCUT2D eigenvalue weighted by Gasteiger charge is -2.06. The summed E-state index contributed by atoms with van der Waals surface area (Å²) in [4.78, 5) is 0. The van der Waals surface area contributed by atoms with Crippen LogP contribution in [-0.2, 0) is 13.5 Å². The third-order valence-corrected chi connectivity index (χ3v) is 3.05. The molecule has 1 aromatic rings. The number of unbranched alkanes of at least 4 members (excludes halogenated alkanes) is 3. The van der Waals surface area contributed by atoms with Crippen LogP contribution in [0.5, 0.6) is 0 Å². The van der Waals surface area contributed by atoms with E-state index >= 15 is 0 Å². The fourth-order valence-electron chi connectivity index (χ4n) is 2.14. The number of anilines is 1. The van der Waals surface area contributed by atoms with Crippen molar-refractivity contribution < 1.29 is 0 Å². The average molecular weight is 223 g/mol. The summed E-state index contributed by atoms with van der Waals surface area (Å²) in [5, 5.41) is 4.52. The Morgan fingerprint density at radius 3 is 2.50 bits per heavy atom. The summed E-state index contributed by atoms with van der Waals surface area (Å²) >= 11 is 0. The van der Waals surface area contributed by atoms with Crippen LogP contribution in [0.2, 0.25) is 0 Å². The third kappa shape index (κ3) is 3.00. The van der Waals surface area contributed by atoms with Crippen molar-refractivity contribution >= 4 is 5.82 Å². The van der Waals surface area contributed by atoms with Crippen LogP contribution in [0.1, 0.15) is 63.6 Å². The Kier molecular flexibility index (Phi) is 4.84. The number of hydrogen-bond donors (Lipinski definition) is 1. The van der Waals surface area contributed by atoms with Crippen molar-refractivity contribution in [2.24, 2.45) is 7.05 Å². The second-order valence-corrected chi connectivity index (χ2v) is 4.83. The lowest BCUT2D eigenvalue weighted by atomic mass is 9.99. The van der Waals surface area contributed by atoms with Crippen LogP contribution >= 0.6 is 0 Å². The fourth-order valence-corrected chi connectivity index (χ4v) is 2.14. The molecular weight excluding hydrogens is 198 g/mol. The molecule has 0 bridgehead atoms. The molecule has 0 unspecified atom stereocenters. The molecule has 1 rings (SSSR count). The first-order chi connectivity index (χ1) is 7.57. The highest BCUT2D eigenvalue weighted by Gasteiger charge is 2.15. The zero-order valence-corrected chi connectivity index (χ0v) is 11.1. The molecule has 0 aliphatic heterocycles. The van der Waals surface area contributed by atoms with Crippen LogP contribution in [0.4, 0.5) is 5.82 Å². The van der Waals surface area contributed by atoms with E-state index in [2.05, 4.69) is 25.9 Å². The molecule has 0 fully saturated rings. The maximum Gasteiger partial charge on any atom is 0.125 e. The van der Waals surface area contributed by atoms with Crippen molar-refractivity contribution in [1.29, 1.82) is 0 Å². The highest BCUT2D eigenvalue weighted by Crippen LogP contribution is 2.26. The molecule has 16 heavy (non-hydrogen) atoms. The summed E-state index contributed by atoms with van der Waals surface area (Å²) in [6, 6.07) is 0. The summed E-state index contributed by atoms with van der Waals surface area (Å²) in [7, 11) is 1.93. The first-order valence-corrected chi connectivity index (χ1v) is 6.39. The van der Waals surface area contributed by atoms with Gasteiger partial charge in [0.15, 0.2) is 0 Å². The van der Waals surface area contributed by atoms with E-state index in [-0.39, 0.29) is 0 Å². The van der Waals surface area contributed by atoms with Gasteiger partial charge >= 0.3 is 0 Å². The number of aryl methyl sites for hydroxylation is 2. The van der Waals surface area contributed by atoms with Gasteiger partial charge in [0.05, 0.1) is 5.69 Å². The molecular formula is C13H25N3. The summed E-state index contributed by atoms with van der Waals surface area (Å²) in [6.45, 7) is 6.60. The number of hydrogen-bond acceptors (Lipinski definition) is 2. The van der Waals surface area contributed by atoms with Gasteiger partial charge in [0, 0.05) is 12.6 Å². The van der Waals surface area contributed by atoms with Crippen LogP contribution in [0.15, 0.2) is 0 Å². The Hall–Kier alpha value is -0.990. The topological polar surface area (TPSA) is 43.8 Å². The molecule has 0 aromatic carbocycles. The van der Waals surface area contributed by atoms with Crippen molar-refractivity contribution in [3.05, 3.63) is 11.3 Å². The van der Waals surface area contributed by atoms with Gasteiger partial charge in [-0.2, -0.15) is 5.10 Å². The number of rotatable bonds is 6. The van der Waals surface area contributed by atoms with E-state index in [1.807, 2.05) is 11.7 Å². The Morgan fingerprint density at radius 1 is 1.25 bits per heavy atom. The van der Waals surface area contributed by atoms with Gasteiger partial charge in [-0.3, -0.25) is 4.68 Å². The average Bonchev–Trinajstić information content (AvgIpc) is 2.50. The number of nitrogen functional groups attached to an aromatic ring is 1. The summed E-state index contributed by atoms with van der Waals surface area (Å²) in [5.41, 5.74) is 8.48. The van der Waals surface area contributed by atoms with Crippen LogP contribution in [0.25, 0.3) is 0 Å². The molecule has 1 aromatic heterocycles. The minimum atomic E-state index is 0.467. The van der Waals surface area contributed by atoms with E-state index in [9.17, 15) is 0 Å².